The molecule has 0 spiro atoms. The molecule has 0 fully saturated rings. The molecule has 2 aromatic carbocycles. The first-order valence-corrected chi connectivity index (χ1v) is 9.23. The topological polar surface area (TPSA) is 49.3 Å². The second kappa shape index (κ2) is 7.94. The van der Waals surface area contributed by atoms with Gasteiger partial charge in [0.05, 0.1) is 0 Å². The maximum Gasteiger partial charge on any atom is 0.430 e. The van der Waals surface area contributed by atoms with Gasteiger partial charge in [0.25, 0.3) is 5.60 Å². The minimum atomic E-state index is -5.93. The van der Waals surface area contributed by atoms with E-state index in [4.69, 9.17) is 0 Å². The minimum absolute atomic E-state index is 0.0479. The highest BCUT2D eigenvalue weighted by atomic mass is 19.4. The van der Waals surface area contributed by atoms with Gasteiger partial charge in [-0.25, -0.2) is 0 Å². The molecule has 0 bridgehead atoms. The number of hydrogen-bond donors (Lipinski definition) is 2. The van der Waals surface area contributed by atoms with E-state index in [0.29, 0.717) is 30.5 Å². The van der Waals surface area contributed by atoms with E-state index in [1.165, 1.54) is 5.56 Å². The SMILES string of the molecule is O=C(NCc1ccc(C(O)(C(F)(F)F)C(F)(F)F)cc1)C1CCc2ccccc2C1. The molecular formula is C21H19F6NO2. The van der Waals surface area contributed by atoms with Gasteiger partial charge in [-0.15, -0.1) is 0 Å². The normalized spacial score (nSPS) is 17.4. The average Bonchev–Trinajstić information content (AvgIpc) is 2.69. The van der Waals surface area contributed by atoms with E-state index in [1.54, 1.807) is 0 Å². The highest BCUT2D eigenvalue weighted by Gasteiger charge is 2.71. The van der Waals surface area contributed by atoms with Crippen molar-refractivity contribution < 1.29 is 36.2 Å². The van der Waals surface area contributed by atoms with Crippen molar-refractivity contribution in [1.82, 2.24) is 5.32 Å². The predicted molar refractivity (Wildman–Crippen MR) is 96.3 cm³/mol. The molecule has 0 saturated carbocycles. The number of aryl methyl sites for hydroxylation is 1. The maximum atomic E-state index is 12.9. The molecule has 1 aliphatic carbocycles. The van der Waals surface area contributed by atoms with Crippen LogP contribution in [0.25, 0.3) is 0 Å². The van der Waals surface area contributed by atoms with Crippen molar-refractivity contribution in [3.63, 3.8) is 0 Å². The Morgan fingerprint density at radius 2 is 1.50 bits per heavy atom. The number of aliphatic hydroxyl groups is 1. The van der Waals surface area contributed by atoms with E-state index in [0.717, 1.165) is 24.1 Å². The van der Waals surface area contributed by atoms with Crippen molar-refractivity contribution >= 4 is 5.91 Å². The molecule has 162 valence electrons. The van der Waals surface area contributed by atoms with Crippen molar-refractivity contribution in [2.45, 2.75) is 43.8 Å². The quantitative estimate of drug-likeness (QED) is 0.705. The fourth-order valence-corrected chi connectivity index (χ4v) is 3.61. The van der Waals surface area contributed by atoms with Crippen LogP contribution in [-0.2, 0) is 29.8 Å². The largest absolute Gasteiger partial charge is 0.430 e. The zero-order valence-electron chi connectivity index (χ0n) is 15.6. The van der Waals surface area contributed by atoms with Crippen LogP contribution in [0.2, 0.25) is 0 Å². The third-order valence-electron chi connectivity index (χ3n) is 5.38. The highest BCUT2D eigenvalue weighted by molar-refractivity contribution is 5.79. The first-order valence-electron chi connectivity index (χ1n) is 9.23. The van der Waals surface area contributed by atoms with Gasteiger partial charge in [-0.1, -0.05) is 48.5 Å². The van der Waals surface area contributed by atoms with E-state index in [9.17, 15) is 36.2 Å². The molecule has 30 heavy (non-hydrogen) atoms. The van der Waals surface area contributed by atoms with Crippen LogP contribution in [0.3, 0.4) is 0 Å². The molecule has 2 N–H and O–H groups in total. The summed E-state index contributed by atoms with van der Waals surface area (Å²) in [6, 6.07) is 11.0. The van der Waals surface area contributed by atoms with E-state index in [2.05, 4.69) is 5.32 Å². The summed E-state index contributed by atoms with van der Waals surface area (Å²) in [5.41, 5.74) is -3.70. The highest BCUT2D eigenvalue weighted by Crippen LogP contribution is 2.49. The lowest BCUT2D eigenvalue weighted by atomic mass is 9.83. The zero-order valence-corrected chi connectivity index (χ0v) is 15.6. The van der Waals surface area contributed by atoms with Crippen molar-refractivity contribution in [1.29, 1.82) is 0 Å². The van der Waals surface area contributed by atoms with E-state index in [1.807, 2.05) is 24.3 Å². The van der Waals surface area contributed by atoms with Gasteiger partial charge in [-0.05, 0) is 36.0 Å². The lowest BCUT2D eigenvalue weighted by Gasteiger charge is -2.32. The first-order chi connectivity index (χ1) is 13.9. The monoisotopic (exact) mass is 431 g/mol. The summed E-state index contributed by atoms with van der Waals surface area (Å²) >= 11 is 0. The summed E-state index contributed by atoms with van der Waals surface area (Å²) in [6.45, 7) is -0.0479. The van der Waals surface area contributed by atoms with Crippen molar-refractivity contribution in [2.75, 3.05) is 0 Å². The molecule has 1 unspecified atom stereocenters. The lowest BCUT2D eigenvalue weighted by molar-refractivity contribution is -0.376. The molecule has 9 heteroatoms. The Hall–Kier alpha value is -2.55. The Kier molecular flexibility index (Phi) is 5.86. The molecule has 0 aliphatic heterocycles. The molecule has 1 atom stereocenters. The fraction of sp³-hybridized carbons (Fsp3) is 0.381. The molecule has 1 aliphatic rings. The Bertz CT molecular complexity index is 891. The molecule has 0 heterocycles. The first kappa shape index (κ1) is 22.1. The van der Waals surface area contributed by atoms with Gasteiger partial charge in [0.15, 0.2) is 0 Å². The van der Waals surface area contributed by atoms with Crippen molar-refractivity contribution in [2.24, 2.45) is 5.92 Å². The van der Waals surface area contributed by atoms with Gasteiger partial charge in [-0.2, -0.15) is 26.3 Å². The third-order valence-corrected chi connectivity index (χ3v) is 5.38. The van der Waals surface area contributed by atoms with Crippen molar-refractivity contribution in [3.8, 4) is 0 Å². The number of nitrogens with one attached hydrogen (secondary N) is 1. The van der Waals surface area contributed by atoms with Crippen LogP contribution in [0.4, 0.5) is 26.3 Å². The molecule has 0 saturated heterocycles. The van der Waals surface area contributed by atoms with Crippen LogP contribution < -0.4 is 5.32 Å². The summed E-state index contributed by atoms with van der Waals surface area (Å²) < 4.78 is 77.5. The minimum Gasteiger partial charge on any atom is -0.369 e. The molecule has 0 aromatic heterocycles. The molecular weight excluding hydrogens is 412 g/mol. The summed E-state index contributed by atoms with van der Waals surface area (Å²) in [6.07, 6.45) is -9.87. The van der Waals surface area contributed by atoms with E-state index >= 15 is 0 Å². The van der Waals surface area contributed by atoms with Crippen LogP contribution in [0.15, 0.2) is 48.5 Å². The number of amides is 1. The van der Waals surface area contributed by atoms with Crippen LogP contribution in [-0.4, -0.2) is 23.4 Å². The second-order valence-electron chi connectivity index (χ2n) is 7.33. The molecule has 3 nitrogen and oxygen atoms in total. The number of carbonyl (C=O) groups is 1. The summed E-state index contributed by atoms with van der Waals surface area (Å²) in [5.74, 6) is -0.476. The van der Waals surface area contributed by atoms with Gasteiger partial charge >= 0.3 is 12.4 Å². The predicted octanol–water partition coefficient (Wildman–Crippen LogP) is 4.42. The summed E-state index contributed by atoms with van der Waals surface area (Å²) in [4.78, 5) is 12.4. The van der Waals surface area contributed by atoms with E-state index in [-0.39, 0.29) is 18.4 Å². The Balaban J connectivity index is 1.66. The smallest absolute Gasteiger partial charge is 0.369 e. The van der Waals surface area contributed by atoms with Gasteiger partial charge in [0, 0.05) is 18.0 Å². The molecule has 2 aromatic rings. The van der Waals surface area contributed by atoms with Crippen LogP contribution >= 0.6 is 0 Å². The molecule has 3 rings (SSSR count). The fourth-order valence-electron chi connectivity index (χ4n) is 3.61. The van der Waals surface area contributed by atoms with E-state index < -0.39 is 23.5 Å². The molecule has 0 radical (unpaired) electrons. The maximum absolute atomic E-state index is 12.9. The number of benzene rings is 2. The summed E-state index contributed by atoms with van der Waals surface area (Å²) in [7, 11) is 0. The zero-order chi connectivity index (χ0) is 22.2. The van der Waals surface area contributed by atoms with Crippen molar-refractivity contribution in [3.05, 3.63) is 70.8 Å². The Labute approximate surface area is 168 Å². The van der Waals surface area contributed by atoms with Gasteiger partial charge < -0.3 is 10.4 Å². The number of hydrogen-bond acceptors (Lipinski definition) is 2. The standard InChI is InChI=1S/C21H19F6NO2/c22-20(23,24)19(30,21(25,26)27)17-9-5-13(6-10-17)12-28-18(29)16-8-7-14-3-1-2-4-15(14)11-16/h1-6,9-10,16,30H,7-8,11-12H2,(H,28,29). The lowest BCUT2D eigenvalue weighted by Crippen LogP contribution is -2.53. The number of fused-ring (bicyclic) bond motifs is 1. The third kappa shape index (κ3) is 4.16. The number of halogens is 6. The molecule has 1 amide bonds. The van der Waals surface area contributed by atoms with Crippen LogP contribution in [0, 0.1) is 5.92 Å². The summed E-state index contributed by atoms with van der Waals surface area (Å²) in [5, 5.41) is 12.1. The second-order valence-corrected chi connectivity index (χ2v) is 7.33. The number of alkyl halides is 6. The number of rotatable bonds is 4. The Morgan fingerprint density at radius 3 is 2.07 bits per heavy atom. The van der Waals surface area contributed by atoms with Gasteiger partial charge in [0.2, 0.25) is 5.91 Å². The van der Waals surface area contributed by atoms with Gasteiger partial charge in [0.1, 0.15) is 0 Å². The van der Waals surface area contributed by atoms with Crippen LogP contribution in [0.5, 0.6) is 0 Å². The Morgan fingerprint density at radius 1 is 0.933 bits per heavy atom. The van der Waals surface area contributed by atoms with Crippen LogP contribution in [0.1, 0.15) is 28.7 Å². The van der Waals surface area contributed by atoms with Gasteiger partial charge in [-0.3, -0.25) is 4.79 Å². The average molecular weight is 431 g/mol. The number of carbonyl (C=O) groups excluding carboxylic acids is 1.